The van der Waals surface area contributed by atoms with E-state index < -0.39 is 12.2 Å². The number of benzene rings is 3. The minimum Gasteiger partial charge on any atom is -0.477 e. The third kappa shape index (κ3) is 13.8. The zero-order chi connectivity index (χ0) is 35.8. The summed E-state index contributed by atoms with van der Waals surface area (Å²) < 4.78 is 25.0. The standard InChI is InChI=1S/C44H66O6/c1-5-9-13-15-17-19-21-31-39(43(45)47-33-11-7-3)49-41-35-27-23-25-29-37(35)42(38-30-26-24-28-36(38)41)50-40(44(46)48-34-12-8-4)32-22-20-18-16-14-10-6-2/h23-30,39-40H,5-22,31-34H2,1-4H3. The Bertz CT molecular complexity index is 1220. The molecule has 0 spiro atoms. The quantitative estimate of drug-likeness (QED) is 0.0429. The Balaban J connectivity index is 1.92. The van der Waals surface area contributed by atoms with Crippen LogP contribution in [0.5, 0.6) is 11.5 Å². The van der Waals surface area contributed by atoms with Gasteiger partial charge in [0.05, 0.1) is 13.2 Å². The summed E-state index contributed by atoms with van der Waals surface area (Å²) in [6.07, 6.45) is 19.6. The Hall–Kier alpha value is -3.28. The van der Waals surface area contributed by atoms with Gasteiger partial charge in [-0.2, -0.15) is 0 Å². The number of esters is 2. The summed E-state index contributed by atoms with van der Waals surface area (Å²) in [6.45, 7) is 9.44. The highest BCUT2D eigenvalue weighted by Gasteiger charge is 2.28. The van der Waals surface area contributed by atoms with Crippen LogP contribution in [0.15, 0.2) is 48.5 Å². The van der Waals surface area contributed by atoms with E-state index in [4.69, 9.17) is 18.9 Å². The lowest BCUT2D eigenvalue weighted by atomic mass is 9.99. The number of hydrogen-bond donors (Lipinski definition) is 0. The SMILES string of the molecule is CCCCCCCCCC(Oc1c2ccccc2c(OC(CCCCCCCCC)C(=O)OCCCC)c2ccccc12)C(=O)OCCCC. The molecule has 0 heterocycles. The third-order valence-electron chi connectivity index (χ3n) is 9.50. The summed E-state index contributed by atoms with van der Waals surface area (Å²) in [5.74, 6) is 0.696. The molecule has 0 aromatic heterocycles. The highest BCUT2D eigenvalue weighted by molar-refractivity contribution is 6.11. The van der Waals surface area contributed by atoms with Gasteiger partial charge in [-0.05, 0) is 38.5 Å². The number of carbonyl (C=O) groups is 2. The average Bonchev–Trinajstić information content (AvgIpc) is 3.13. The second-order valence-corrected chi connectivity index (χ2v) is 13.8. The largest absolute Gasteiger partial charge is 0.477 e. The molecule has 6 nitrogen and oxygen atoms in total. The van der Waals surface area contributed by atoms with Crippen LogP contribution in [0.2, 0.25) is 0 Å². The van der Waals surface area contributed by atoms with Crippen LogP contribution in [-0.4, -0.2) is 37.4 Å². The van der Waals surface area contributed by atoms with E-state index in [0.29, 0.717) is 37.6 Å². The predicted octanol–water partition coefficient (Wildman–Crippen LogP) is 12.5. The molecule has 0 aliphatic carbocycles. The van der Waals surface area contributed by atoms with Crippen molar-refractivity contribution in [3.05, 3.63) is 48.5 Å². The van der Waals surface area contributed by atoms with Crippen molar-refractivity contribution >= 4 is 33.5 Å². The normalized spacial score (nSPS) is 12.6. The van der Waals surface area contributed by atoms with Gasteiger partial charge in [0.15, 0.2) is 12.2 Å². The first kappa shape index (κ1) is 41.1. The second kappa shape index (κ2) is 24.8. The van der Waals surface area contributed by atoms with Crippen LogP contribution in [-0.2, 0) is 19.1 Å². The molecule has 278 valence electrons. The van der Waals surface area contributed by atoms with Gasteiger partial charge in [0.25, 0.3) is 0 Å². The Labute approximate surface area is 303 Å². The van der Waals surface area contributed by atoms with Crippen molar-refractivity contribution in [3.63, 3.8) is 0 Å². The van der Waals surface area contributed by atoms with Gasteiger partial charge in [0.2, 0.25) is 0 Å². The van der Waals surface area contributed by atoms with Crippen molar-refractivity contribution in [1.82, 2.24) is 0 Å². The molecule has 2 unspecified atom stereocenters. The fourth-order valence-electron chi connectivity index (χ4n) is 6.43. The number of fused-ring (bicyclic) bond motifs is 2. The molecule has 0 radical (unpaired) electrons. The van der Waals surface area contributed by atoms with Crippen molar-refractivity contribution in [1.29, 1.82) is 0 Å². The molecule has 2 atom stereocenters. The maximum atomic E-state index is 13.5. The van der Waals surface area contributed by atoms with E-state index >= 15 is 0 Å². The Kier molecular flexibility index (Phi) is 20.4. The monoisotopic (exact) mass is 690 g/mol. The molecular weight excluding hydrogens is 624 g/mol. The molecule has 0 aliphatic rings. The van der Waals surface area contributed by atoms with Crippen LogP contribution in [0.4, 0.5) is 0 Å². The van der Waals surface area contributed by atoms with Crippen molar-refractivity contribution < 1.29 is 28.5 Å². The first-order valence-electron chi connectivity index (χ1n) is 20.2. The summed E-state index contributed by atoms with van der Waals surface area (Å²) in [5, 5.41) is 3.39. The highest BCUT2D eigenvalue weighted by atomic mass is 16.6. The smallest absolute Gasteiger partial charge is 0.347 e. The van der Waals surface area contributed by atoms with Crippen LogP contribution in [0.25, 0.3) is 21.5 Å². The average molecular weight is 691 g/mol. The zero-order valence-electron chi connectivity index (χ0n) is 31.8. The number of rotatable bonds is 28. The van der Waals surface area contributed by atoms with Crippen LogP contribution >= 0.6 is 0 Å². The van der Waals surface area contributed by atoms with Crippen molar-refractivity contribution in [2.24, 2.45) is 0 Å². The van der Waals surface area contributed by atoms with E-state index in [1.165, 1.54) is 51.4 Å². The van der Waals surface area contributed by atoms with Crippen LogP contribution in [0.3, 0.4) is 0 Å². The summed E-state index contributed by atoms with van der Waals surface area (Å²) in [6, 6.07) is 16.0. The molecule has 0 saturated heterocycles. The van der Waals surface area contributed by atoms with E-state index in [1.807, 2.05) is 48.5 Å². The zero-order valence-corrected chi connectivity index (χ0v) is 31.8. The van der Waals surface area contributed by atoms with Crippen molar-refractivity contribution in [3.8, 4) is 11.5 Å². The van der Waals surface area contributed by atoms with E-state index in [0.717, 1.165) is 85.8 Å². The summed E-state index contributed by atoms with van der Waals surface area (Å²) in [4.78, 5) is 26.9. The maximum absolute atomic E-state index is 13.5. The van der Waals surface area contributed by atoms with Gasteiger partial charge in [0, 0.05) is 21.5 Å². The first-order chi connectivity index (χ1) is 24.5. The minimum absolute atomic E-state index is 0.303. The number of hydrogen-bond acceptors (Lipinski definition) is 6. The molecule has 0 saturated carbocycles. The fraction of sp³-hybridized carbons (Fsp3) is 0.636. The van der Waals surface area contributed by atoms with Gasteiger partial charge in [0.1, 0.15) is 11.5 Å². The van der Waals surface area contributed by atoms with Gasteiger partial charge < -0.3 is 18.9 Å². The molecule has 0 fully saturated rings. The molecule has 0 N–H and O–H groups in total. The molecular formula is C44H66O6. The molecule has 6 heteroatoms. The van der Waals surface area contributed by atoms with Gasteiger partial charge in [-0.1, -0.05) is 166 Å². The molecule has 0 aliphatic heterocycles. The summed E-state index contributed by atoms with van der Waals surface area (Å²) in [7, 11) is 0. The van der Waals surface area contributed by atoms with E-state index in [1.54, 1.807) is 0 Å². The second-order valence-electron chi connectivity index (χ2n) is 13.8. The topological polar surface area (TPSA) is 71.1 Å². The van der Waals surface area contributed by atoms with Crippen LogP contribution in [0, 0.1) is 0 Å². The molecule has 3 rings (SSSR count). The van der Waals surface area contributed by atoms with Crippen molar-refractivity contribution in [2.75, 3.05) is 13.2 Å². The number of carbonyl (C=O) groups excluding carboxylic acids is 2. The Morgan fingerprint density at radius 1 is 0.440 bits per heavy atom. The molecule has 50 heavy (non-hydrogen) atoms. The highest BCUT2D eigenvalue weighted by Crippen LogP contribution is 2.44. The molecule has 3 aromatic carbocycles. The third-order valence-corrected chi connectivity index (χ3v) is 9.50. The number of unbranched alkanes of at least 4 members (excludes halogenated alkanes) is 14. The first-order valence-corrected chi connectivity index (χ1v) is 20.2. The lowest BCUT2D eigenvalue weighted by Crippen LogP contribution is -2.30. The Morgan fingerprint density at radius 2 is 0.740 bits per heavy atom. The van der Waals surface area contributed by atoms with Gasteiger partial charge in [-0.25, -0.2) is 9.59 Å². The maximum Gasteiger partial charge on any atom is 0.347 e. The van der Waals surface area contributed by atoms with Gasteiger partial charge in [-0.3, -0.25) is 0 Å². The lowest BCUT2D eigenvalue weighted by Gasteiger charge is -2.24. The lowest BCUT2D eigenvalue weighted by molar-refractivity contribution is -0.153. The van der Waals surface area contributed by atoms with E-state index in [2.05, 4.69) is 27.7 Å². The van der Waals surface area contributed by atoms with E-state index in [9.17, 15) is 9.59 Å². The van der Waals surface area contributed by atoms with E-state index in [-0.39, 0.29) is 11.9 Å². The van der Waals surface area contributed by atoms with Crippen LogP contribution in [0.1, 0.15) is 156 Å². The predicted molar refractivity (Wildman–Crippen MR) is 207 cm³/mol. The van der Waals surface area contributed by atoms with Crippen molar-refractivity contribution in [2.45, 2.75) is 168 Å². The summed E-state index contributed by atoms with van der Waals surface area (Å²) >= 11 is 0. The van der Waals surface area contributed by atoms with Gasteiger partial charge >= 0.3 is 11.9 Å². The molecule has 3 aromatic rings. The molecule has 0 amide bonds. The Morgan fingerprint density at radius 3 is 1.06 bits per heavy atom. The summed E-state index contributed by atoms with van der Waals surface area (Å²) in [5.41, 5.74) is 0. The minimum atomic E-state index is -0.709. The van der Waals surface area contributed by atoms with Crippen LogP contribution < -0.4 is 9.47 Å². The number of ether oxygens (including phenoxy) is 4. The van der Waals surface area contributed by atoms with Gasteiger partial charge in [-0.15, -0.1) is 0 Å². The fourth-order valence-corrected chi connectivity index (χ4v) is 6.43. The molecule has 0 bridgehead atoms.